The van der Waals surface area contributed by atoms with Gasteiger partial charge in [0.05, 0.1) is 11.4 Å². The molecule has 3 aromatic rings. The molecule has 0 spiro atoms. The fourth-order valence-corrected chi connectivity index (χ4v) is 1.96. The van der Waals surface area contributed by atoms with Gasteiger partial charge in [0.2, 0.25) is 0 Å². The van der Waals surface area contributed by atoms with Crippen molar-refractivity contribution in [2.75, 3.05) is 0 Å². The maximum Gasteiger partial charge on any atom is 0.182 e. The fraction of sp³-hybridized carbons (Fsp3) is 0.250. The minimum absolute atomic E-state index is 0.786. The maximum absolute atomic E-state index is 4.52. The van der Waals surface area contributed by atoms with E-state index in [1.165, 1.54) is 0 Å². The summed E-state index contributed by atoms with van der Waals surface area (Å²) >= 11 is 0. The van der Waals surface area contributed by atoms with Crippen LogP contribution in [0.2, 0.25) is 0 Å². The highest BCUT2D eigenvalue weighted by atomic mass is 15.5. The highest BCUT2D eigenvalue weighted by molar-refractivity contribution is 5.75. The summed E-state index contributed by atoms with van der Waals surface area (Å²) in [5.74, 6) is 0. The number of hydrogen-bond acceptors (Lipinski definition) is 3. The fourth-order valence-electron chi connectivity index (χ4n) is 1.96. The second kappa shape index (κ2) is 3.69. The van der Waals surface area contributed by atoms with Crippen LogP contribution in [0.1, 0.15) is 12.6 Å². The van der Waals surface area contributed by atoms with Gasteiger partial charge in [-0.2, -0.15) is 5.10 Å². The highest BCUT2D eigenvalue weighted by Gasteiger charge is 2.15. The lowest BCUT2D eigenvalue weighted by Crippen LogP contribution is -2.04. The van der Waals surface area contributed by atoms with Crippen LogP contribution in [0.3, 0.4) is 0 Å². The third-order valence-corrected chi connectivity index (χ3v) is 2.80. The van der Waals surface area contributed by atoms with E-state index < -0.39 is 0 Å². The molecule has 5 nitrogen and oxygen atoms in total. The molecule has 0 unspecified atom stereocenters. The van der Waals surface area contributed by atoms with Crippen molar-refractivity contribution >= 4 is 11.2 Å². The number of nitrogens with zero attached hydrogens (tertiary/aromatic N) is 5. The Hall–Kier alpha value is -2.17. The minimum atomic E-state index is 0.786. The van der Waals surface area contributed by atoms with E-state index in [1.807, 2.05) is 53.5 Å². The van der Waals surface area contributed by atoms with Gasteiger partial charge >= 0.3 is 0 Å². The van der Waals surface area contributed by atoms with Crippen LogP contribution in [0.25, 0.3) is 16.9 Å². The van der Waals surface area contributed by atoms with Crippen molar-refractivity contribution in [2.45, 2.75) is 20.4 Å². The summed E-state index contributed by atoms with van der Waals surface area (Å²) in [6.45, 7) is 4.79. The van der Waals surface area contributed by atoms with Crippen LogP contribution in [0.15, 0.2) is 30.3 Å². The molecule has 86 valence electrons. The zero-order valence-electron chi connectivity index (χ0n) is 9.83. The SMILES string of the molecule is CCn1nnc2c(C)nn(-c3ccccc3)c21. The van der Waals surface area contributed by atoms with Gasteiger partial charge in [0, 0.05) is 6.54 Å². The van der Waals surface area contributed by atoms with Gasteiger partial charge in [-0.1, -0.05) is 23.4 Å². The Kier molecular flexibility index (Phi) is 2.18. The first-order valence-electron chi connectivity index (χ1n) is 5.65. The van der Waals surface area contributed by atoms with Gasteiger partial charge in [-0.15, -0.1) is 5.10 Å². The monoisotopic (exact) mass is 227 g/mol. The van der Waals surface area contributed by atoms with Crippen molar-refractivity contribution in [1.29, 1.82) is 0 Å². The molecule has 1 aromatic carbocycles. The summed E-state index contributed by atoms with van der Waals surface area (Å²) in [7, 11) is 0. The van der Waals surface area contributed by atoms with Crippen molar-refractivity contribution in [3.05, 3.63) is 36.0 Å². The first-order valence-corrected chi connectivity index (χ1v) is 5.65. The van der Waals surface area contributed by atoms with Gasteiger partial charge in [0.25, 0.3) is 0 Å². The van der Waals surface area contributed by atoms with Crippen LogP contribution < -0.4 is 0 Å². The molecule has 3 rings (SSSR count). The van der Waals surface area contributed by atoms with Crippen LogP contribution in [0.4, 0.5) is 0 Å². The number of fused-ring (bicyclic) bond motifs is 1. The van der Waals surface area contributed by atoms with Gasteiger partial charge in [-0.3, -0.25) is 0 Å². The summed E-state index contributed by atoms with van der Waals surface area (Å²) < 4.78 is 3.76. The van der Waals surface area contributed by atoms with Gasteiger partial charge in [0.15, 0.2) is 11.2 Å². The lowest BCUT2D eigenvalue weighted by molar-refractivity contribution is 0.626. The smallest absolute Gasteiger partial charge is 0.182 e. The zero-order chi connectivity index (χ0) is 11.8. The van der Waals surface area contributed by atoms with Crippen LogP contribution in [-0.4, -0.2) is 24.8 Å². The summed E-state index contributed by atoms with van der Waals surface area (Å²) in [6, 6.07) is 10.0. The van der Waals surface area contributed by atoms with E-state index in [0.29, 0.717) is 0 Å². The Morgan fingerprint density at radius 1 is 1.18 bits per heavy atom. The second-order valence-electron chi connectivity index (χ2n) is 3.91. The average Bonchev–Trinajstić information content (AvgIpc) is 2.92. The van der Waals surface area contributed by atoms with Gasteiger partial charge in [0.1, 0.15) is 0 Å². The van der Waals surface area contributed by atoms with E-state index in [1.54, 1.807) is 0 Å². The zero-order valence-corrected chi connectivity index (χ0v) is 9.83. The molecule has 0 N–H and O–H groups in total. The molecule has 2 heterocycles. The number of hydrogen-bond donors (Lipinski definition) is 0. The molecule has 0 aliphatic heterocycles. The molecule has 0 amide bonds. The number of para-hydroxylation sites is 1. The largest absolute Gasteiger partial charge is 0.227 e. The van der Waals surface area contributed by atoms with Crippen molar-refractivity contribution in [3.63, 3.8) is 0 Å². The van der Waals surface area contributed by atoms with Crippen molar-refractivity contribution in [1.82, 2.24) is 24.8 Å². The van der Waals surface area contributed by atoms with E-state index in [-0.39, 0.29) is 0 Å². The minimum Gasteiger partial charge on any atom is -0.227 e. The first-order chi connectivity index (χ1) is 8.31. The maximum atomic E-state index is 4.52. The van der Waals surface area contributed by atoms with Crippen molar-refractivity contribution in [2.24, 2.45) is 0 Å². The van der Waals surface area contributed by atoms with Gasteiger partial charge < -0.3 is 0 Å². The van der Waals surface area contributed by atoms with E-state index in [9.17, 15) is 0 Å². The van der Waals surface area contributed by atoms with Crippen LogP contribution in [-0.2, 0) is 6.54 Å². The summed E-state index contributed by atoms with van der Waals surface area (Å²) in [6.07, 6.45) is 0. The van der Waals surface area contributed by atoms with Crippen LogP contribution >= 0.6 is 0 Å². The van der Waals surface area contributed by atoms with E-state index in [2.05, 4.69) is 15.4 Å². The molecule has 2 aromatic heterocycles. The molecule has 5 heteroatoms. The average molecular weight is 227 g/mol. The lowest BCUT2D eigenvalue weighted by Gasteiger charge is -2.03. The van der Waals surface area contributed by atoms with Crippen molar-refractivity contribution in [3.8, 4) is 5.69 Å². The highest BCUT2D eigenvalue weighted by Crippen LogP contribution is 2.19. The Morgan fingerprint density at radius 3 is 2.65 bits per heavy atom. The van der Waals surface area contributed by atoms with Gasteiger partial charge in [-0.25, -0.2) is 9.36 Å². The molecule has 17 heavy (non-hydrogen) atoms. The Labute approximate surface area is 98.7 Å². The molecule has 0 saturated heterocycles. The summed E-state index contributed by atoms with van der Waals surface area (Å²) in [4.78, 5) is 0. The Bertz CT molecular complexity index is 650. The Balaban J connectivity index is 2.33. The van der Waals surface area contributed by atoms with E-state index >= 15 is 0 Å². The third kappa shape index (κ3) is 1.43. The van der Waals surface area contributed by atoms with E-state index in [4.69, 9.17) is 0 Å². The molecular formula is C12H13N5. The molecule has 0 aliphatic rings. The molecular weight excluding hydrogens is 214 g/mol. The molecule has 0 saturated carbocycles. The van der Waals surface area contributed by atoms with Crippen LogP contribution in [0, 0.1) is 6.92 Å². The predicted octanol–water partition coefficient (Wildman–Crippen LogP) is 1.95. The molecule has 0 fully saturated rings. The third-order valence-electron chi connectivity index (χ3n) is 2.80. The van der Waals surface area contributed by atoms with Gasteiger partial charge in [-0.05, 0) is 26.0 Å². The van der Waals surface area contributed by atoms with Crippen LogP contribution in [0.5, 0.6) is 0 Å². The summed E-state index contributed by atoms with van der Waals surface area (Å²) in [5.41, 5.74) is 3.76. The number of aryl methyl sites for hydroxylation is 2. The number of aromatic nitrogens is 5. The first kappa shape index (κ1) is 10.0. The molecule has 0 atom stereocenters. The topological polar surface area (TPSA) is 48.5 Å². The predicted molar refractivity (Wildman–Crippen MR) is 65.1 cm³/mol. The summed E-state index contributed by atoms with van der Waals surface area (Å²) in [5, 5.41) is 12.8. The van der Waals surface area contributed by atoms with E-state index in [0.717, 1.165) is 29.1 Å². The normalized spacial score (nSPS) is 11.2. The second-order valence-corrected chi connectivity index (χ2v) is 3.91. The number of rotatable bonds is 2. The molecule has 0 aliphatic carbocycles. The molecule has 0 bridgehead atoms. The quantitative estimate of drug-likeness (QED) is 0.672. The molecule has 0 radical (unpaired) electrons. The Morgan fingerprint density at radius 2 is 1.94 bits per heavy atom. The standard InChI is InChI=1S/C12H13N5/c1-3-16-12-11(13-15-16)9(2)14-17(12)10-7-5-4-6-8-10/h4-8H,3H2,1-2H3. The van der Waals surface area contributed by atoms with Crippen molar-refractivity contribution < 1.29 is 0 Å². The lowest BCUT2D eigenvalue weighted by atomic mass is 10.3. The number of benzene rings is 1.